The van der Waals surface area contributed by atoms with E-state index in [2.05, 4.69) is 59.3 Å². The van der Waals surface area contributed by atoms with Gasteiger partial charge in [-0.05, 0) is 41.8 Å². The number of halogens is 1. The highest BCUT2D eigenvalue weighted by molar-refractivity contribution is 9.10. The van der Waals surface area contributed by atoms with E-state index >= 15 is 0 Å². The largest absolute Gasteiger partial charge is 0.497 e. The van der Waals surface area contributed by atoms with Gasteiger partial charge in [-0.15, -0.1) is 0 Å². The van der Waals surface area contributed by atoms with Crippen LogP contribution in [-0.4, -0.2) is 7.11 Å². The normalized spacial score (nSPS) is 12.1. The zero-order valence-corrected chi connectivity index (χ0v) is 15.5. The van der Waals surface area contributed by atoms with Crippen LogP contribution in [0.15, 0.2) is 53.0 Å². The molecule has 0 N–H and O–H groups in total. The van der Waals surface area contributed by atoms with Gasteiger partial charge in [0.15, 0.2) is 0 Å². The van der Waals surface area contributed by atoms with E-state index in [0.717, 1.165) is 16.6 Å². The van der Waals surface area contributed by atoms with Crippen LogP contribution in [0.1, 0.15) is 49.8 Å². The molecule has 2 aromatic rings. The van der Waals surface area contributed by atoms with Gasteiger partial charge >= 0.3 is 0 Å². The quantitative estimate of drug-likeness (QED) is 0.478. The fraction of sp³-hybridized carbons (Fsp3) is 0.400. The molecule has 0 heterocycles. The van der Waals surface area contributed by atoms with Crippen molar-refractivity contribution in [2.75, 3.05) is 7.11 Å². The summed E-state index contributed by atoms with van der Waals surface area (Å²) in [5.74, 6) is 0.876. The Hall–Kier alpha value is -1.32. The van der Waals surface area contributed by atoms with Crippen LogP contribution < -0.4 is 4.74 Å². The molecule has 0 aliphatic heterocycles. The minimum atomic E-state index is 0.150. The molecule has 124 valence electrons. The Balaban J connectivity index is 1.99. The smallest absolute Gasteiger partial charge is 0.118 e. The van der Waals surface area contributed by atoms with Gasteiger partial charge < -0.3 is 9.47 Å². The molecule has 0 aliphatic rings. The fourth-order valence-electron chi connectivity index (χ4n) is 2.52. The Labute approximate surface area is 148 Å². The summed E-state index contributed by atoms with van der Waals surface area (Å²) in [5, 5.41) is 0. The zero-order valence-electron chi connectivity index (χ0n) is 13.9. The van der Waals surface area contributed by atoms with Gasteiger partial charge in [-0.3, -0.25) is 0 Å². The minimum absolute atomic E-state index is 0.150. The van der Waals surface area contributed by atoms with Crippen LogP contribution in [0.2, 0.25) is 0 Å². The molecule has 2 nitrogen and oxygen atoms in total. The SMILES string of the molecule is CCCCCC(OCc1ccc(OC)cc1)c1ccc(Br)cc1. The first kappa shape index (κ1) is 18.0. The van der Waals surface area contributed by atoms with Gasteiger partial charge in [0.1, 0.15) is 5.75 Å². The standard InChI is InChI=1S/C20H25BrO2/c1-3-4-5-6-20(17-9-11-18(21)12-10-17)23-15-16-7-13-19(22-2)14-8-16/h7-14,20H,3-6,15H2,1-2H3. The Morgan fingerprint density at radius 1 is 0.957 bits per heavy atom. The summed E-state index contributed by atoms with van der Waals surface area (Å²) >= 11 is 3.50. The molecule has 23 heavy (non-hydrogen) atoms. The summed E-state index contributed by atoms with van der Waals surface area (Å²) in [4.78, 5) is 0. The highest BCUT2D eigenvalue weighted by Crippen LogP contribution is 2.27. The van der Waals surface area contributed by atoms with Gasteiger partial charge in [0, 0.05) is 4.47 Å². The lowest BCUT2D eigenvalue weighted by atomic mass is 10.0. The number of hydrogen-bond acceptors (Lipinski definition) is 2. The third-order valence-corrected chi connectivity index (χ3v) is 4.45. The van der Waals surface area contributed by atoms with Crippen molar-refractivity contribution in [1.82, 2.24) is 0 Å². The van der Waals surface area contributed by atoms with Crippen LogP contribution in [0.5, 0.6) is 5.75 Å². The van der Waals surface area contributed by atoms with E-state index in [1.807, 2.05) is 12.1 Å². The van der Waals surface area contributed by atoms with Crippen LogP contribution in [0, 0.1) is 0 Å². The van der Waals surface area contributed by atoms with Crippen molar-refractivity contribution >= 4 is 15.9 Å². The summed E-state index contributed by atoms with van der Waals surface area (Å²) in [6.45, 7) is 2.85. The predicted octanol–water partition coefficient (Wildman–Crippen LogP) is 6.30. The number of unbranched alkanes of at least 4 members (excludes halogenated alkanes) is 2. The van der Waals surface area contributed by atoms with Gasteiger partial charge in [0.05, 0.1) is 19.8 Å². The molecule has 0 radical (unpaired) electrons. The third kappa shape index (κ3) is 6.00. The summed E-state index contributed by atoms with van der Waals surface area (Å²) in [7, 11) is 1.68. The Morgan fingerprint density at radius 2 is 1.65 bits per heavy atom. The zero-order chi connectivity index (χ0) is 16.5. The second-order valence-corrected chi connectivity index (χ2v) is 6.61. The summed E-state index contributed by atoms with van der Waals surface area (Å²) in [6.07, 6.45) is 4.88. The maximum absolute atomic E-state index is 6.22. The van der Waals surface area contributed by atoms with Crippen LogP contribution in [-0.2, 0) is 11.3 Å². The van der Waals surface area contributed by atoms with E-state index in [1.54, 1.807) is 7.11 Å². The highest BCUT2D eigenvalue weighted by atomic mass is 79.9. The van der Waals surface area contributed by atoms with Crippen molar-refractivity contribution in [3.63, 3.8) is 0 Å². The molecule has 1 atom stereocenters. The Kier molecular flexibility index (Phi) is 7.63. The molecule has 3 heteroatoms. The second-order valence-electron chi connectivity index (χ2n) is 5.70. The van der Waals surface area contributed by atoms with Gasteiger partial charge in [0.2, 0.25) is 0 Å². The summed E-state index contributed by atoms with van der Waals surface area (Å²) < 4.78 is 12.5. The Morgan fingerprint density at radius 3 is 2.26 bits per heavy atom. The van der Waals surface area contributed by atoms with Crippen molar-refractivity contribution in [2.24, 2.45) is 0 Å². The van der Waals surface area contributed by atoms with Gasteiger partial charge in [-0.2, -0.15) is 0 Å². The highest BCUT2D eigenvalue weighted by Gasteiger charge is 2.12. The van der Waals surface area contributed by atoms with Crippen molar-refractivity contribution in [1.29, 1.82) is 0 Å². The first-order valence-corrected chi connectivity index (χ1v) is 9.02. The van der Waals surface area contributed by atoms with Crippen molar-refractivity contribution < 1.29 is 9.47 Å². The lowest BCUT2D eigenvalue weighted by Crippen LogP contribution is -2.05. The first-order chi connectivity index (χ1) is 11.2. The molecule has 0 amide bonds. The van der Waals surface area contributed by atoms with Crippen molar-refractivity contribution in [2.45, 2.75) is 45.3 Å². The second kappa shape index (κ2) is 9.74. The van der Waals surface area contributed by atoms with Gasteiger partial charge in [-0.1, -0.05) is 66.4 Å². The number of methoxy groups -OCH3 is 1. The average Bonchev–Trinajstić information content (AvgIpc) is 2.59. The molecule has 0 fully saturated rings. The van der Waals surface area contributed by atoms with E-state index in [-0.39, 0.29) is 6.10 Å². The van der Waals surface area contributed by atoms with E-state index in [9.17, 15) is 0 Å². The summed E-state index contributed by atoms with van der Waals surface area (Å²) in [6, 6.07) is 16.5. The van der Waals surface area contributed by atoms with E-state index in [1.165, 1.54) is 30.4 Å². The number of ether oxygens (including phenoxy) is 2. The fourth-order valence-corrected chi connectivity index (χ4v) is 2.79. The first-order valence-electron chi connectivity index (χ1n) is 8.23. The van der Waals surface area contributed by atoms with Crippen LogP contribution in [0.3, 0.4) is 0 Å². The molecule has 0 saturated heterocycles. The number of benzene rings is 2. The molecule has 0 bridgehead atoms. The van der Waals surface area contributed by atoms with Crippen LogP contribution in [0.4, 0.5) is 0 Å². The molecule has 2 rings (SSSR count). The maximum Gasteiger partial charge on any atom is 0.118 e. The monoisotopic (exact) mass is 376 g/mol. The third-order valence-electron chi connectivity index (χ3n) is 3.92. The Bertz CT molecular complexity index is 563. The lowest BCUT2D eigenvalue weighted by Gasteiger charge is -2.19. The molecular weight excluding hydrogens is 352 g/mol. The van der Waals surface area contributed by atoms with Crippen molar-refractivity contribution in [3.8, 4) is 5.75 Å². The minimum Gasteiger partial charge on any atom is -0.497 e. The molecular formula is C20H25BrO2. The number of rotatable bonds is 9. The molecule has 0 aliphatic carbocycles. The van der Waals surface area contributed by atoms with Crippen molar-refractivity contribution in [3.05, 3.63) is 64.1 Å². The number of hydrogen-bond donors (Lipinski definition) is 0. The maximum atomic E-state index is 6.22. The molecule has 1 unspecified atom stereocenters. The molecule has 2 aromatic carbocycles. The predicted molar refractivity (Wildman–Crippen MR) is 98.8 cm³/mol. The molecule has 0 saturated carbocycles. The molecule has 0 aromatic heterocycles. The van der Waals surface area contributed by atoms with E-state index < -0.39 is 0 Å². The van der Waals surface area contributed by atoms with Gasteiger partial charge in [0.25, 0.3) is 0 Å². The molecule has 0 spiro atoms. The summed E-state index contributed by atoms with van der Waals surface area (Å²) in [5.41, 5.74) is 2.42. The lowest BCUT2D eigenvalue weighted by molar-refractivity contribution is 0.0322. The van der Waals surface area contributed by atoms with Gasteiger partial charge in [-0.25, -0.2) is 0 Å². The van der Waals surface area contributed by atoms with Crippen LogP contribution in [0.25, 0.3) is 0 Å². The topological polar surface area (TPSA) is 18.5 Å². The van der Waals surface area contributed by atoms with E-state index in [4.69, 9.17) is 9.47 Å². The average molecular weight is 377 g/mol. The van der Waals surface area contributed by atoms with E-state index in [0.29, 0.717) is 6.61 Å². The van der Waals surface area contributed by atoms with Crippen LogP contribution >= 0.6 is 15.9 Å².